The van der Waals surface area contributed by atoms with E-state index in [-0.39, 0.29) is 22.9 Å². The van der Waals surface area contributed by atoms with Crippen molar-refractivity contribution in [3.8, 4) is 6.01 Å². The number of hydrogen-bond acceptors (Lipinski definition) is 6. The van der Waals surface area contributed by atoms with Crippen molar-refractivity contribution in [1.29, 1.82) is 0 Å². The monoisotopic (exact) mass is 315 g/mol. The fraction of sp³-hybridized carbons (Fsp3) is 0.214. The van der Waals surface area contributed by atoms with Gasteiger partial charge in [0.2, 0.25) is 0 Å². The van der Waals surface area contributed by atoms with Gasteiger partial charge in [0.05, 0.1) is 0 Å². The Morgan fingerprint density at radius 3 is 2.48 bits per heavy atom. The van der Waals surface area contributed by atoms with Crippen molar-refractivity contribution in [3.63, 3.8) is 0 Å². The van der Waals surface area contributed by atoms with Crippen molar-refractivity contribution < 1.29 is 9.53 Å². The zero-order chi connectivity index (χ0) is 16.7. The molecular weight excluding hydrogens is 302 g/mol. The van der Waals surface area contributed by atoms with Crippen molar-refractivity contribution in [3.05, 3.63) is 50.9 Å². The lowest BCUT2D eigenvalue weighted by molar-refractivity contribution is 0.0709. The van der Waals surface area contributed by atoms with E-state index in [0.29, 0.717) is 0 Å². The van der Waals surface area contributed by atoms with E-state index in [1.807, 2.05) is 0 Å². The quantitative estimate of drug-likeness (QED) is 0.596. The lowest BCUT2D eigenvalue weighted by Gasteiger charge is -2.03. The summed E-state index contributed by atoms with van der Waals surface area (Å²) in [6.45, 7) is 0. The minimum Gasteiger partial charge on any atom is -0.387 e. The van der Waals surface area contributed by atoms with Crippen LogP contribution in [0.1, 0.15) is 10.5 Å². The number of rotatable bonds is 2. The molecule has 0 aliphatic heterocycles. The van der Waals surface area contributed by atoms with Crippen LogP contribution < -0.4 is 16.0 Å². The molecule has 0 aliphatic carbocycles. The molecule has 0 fully saturated rings. The molecule has 23 heavy (non-hydrogen) atoms. The summed E-state index contributed by atoms with van der Waals surface area (Å²) < 4.78 is 8.71. The summed E-state index contributed by atoms with van der Waals surface area (Å²) in [7, 11) is 4.39. The Hall–Kier alpha value is -3.23. The molecule has 0 saturated heterocycles. The molecule has 3 rings (SSSR count). The highest BCUT2D eigenvalue weighted by Crippen LogP contribution is 2.16. The first-order valence-corrected chi connectivity index (χ1v) is 6.67. The molecule has 3 aromatic heterocycles. The number of hydrogen-bond donors (Lipinski definition) is 0. The molecule has 3 aromatic rings. The summed E-state index contributed by atoms with van der Waals surface area (Å²) in [5, 5.41) is 0. The highest BCUT2D eigenvalue weighted by atomic mass is 16.6. The normalized spacial score (nSPS) is 10.9. The molecule has 0 saturated carbocycles. The van der Waals surface area contributed by atoms with Crippen LogP contribution in [-0.2, 0) is 21.1 Å². The maximum Gasteiger partial charge on any atom is 0.364 e. The molecule has 0 aromatic carbocycles. The van der Waals surface area contributed by atoms with E-state index in [1.165, 1.54) is 42.5 Å². The van der Waals surface area contributed by atoms with Crippen molar-refractivity contribution in [2.24, 2.45) is 21.1 Å². The van der Waals surface area contributed by atoms with Crippen molar-refractivity contribution in [2.45, 2.75) is 0 Å². The second kappa shape index (κ2) is 5.20. The van der Waals surface area contributed by atoms with Crippen LogP contribution in [0, 0.1) is 0 Å². The number of aromatic nitrogens is 5. The summed E-state index contributed by atoms with van der Waals surface area (Å²) in [6, 6.07) is 4.73. The summed E-state index contributed by atoms with van der Waals surface area (Å²) in [5.41, 5.74) is -0.606. The number of carbonyl (C=O) groups is 1. The molecule has 9 heteroatoms. The first-order valence-electron chi connectivity index (χ1n) is 6.67. The van der Waals surface area contributed by atoms with E-state index in [2.05, 4.69) is 9.97 Å². The molecule has 0 bridgehead atoms. The van der Waals surface area contributed by atoms with Gasteiger partial charge in [0.1, 0.15) is 5.69 Å². The van der Waals surface area contributed by atoms with Crippen LogP contribution in [0.2, 0.25) is 0 Å². The van der Waals surface area contributed by atoms with Crippen LogP contribution in [0.25, 0.3) is 11.2 Å². The fourth-order valence-corrected chi connectivity index (χ4v) is 2.21. The first kappa shape index (κ1) is 14.7. The van der Waals surface area contributed by atoms with Crippen LogP contribution in [0.3, 0.4) is 0 Å². The molecule has 118 valence electrons. The van der Waals surface area contributed by atoms with E-state index in [4.69, 9.17) is 4.74 Å². The van der Waals surface area contributed by atoms with Crippen molar-refractivity contribution in [2.75, 3.05) is 0 Å². The molecule has 0 atom stereocenters. The SMILES string of the molecule is Cn1c(=O)c2c(nc(OC(=O)c3ccccn3)n2C)n(C)c1=O. The third kappa shape index (κ3) is 2.22. The van der Waals surface area contributed by atoms with E-state index in [1.54, 1.807) is 12.1 Å². The van der Waals surface area contributed by atoms with Crippen molar-refractivity contribution in [1.82, 2.24) is 23.7 Å². The number of ether oxygens (including phenoxy) is 1. The van der Waals surface area contributed by atoms with Crippen molar-refractivity contribution >= 4 is 17.1 Å². The molecule has 0 aliphatic rings. The van der Waals surface area contributed by atoms with Gasteiger partial charge >= 0.3 is 17.7 Å². The molecule has 3 heterocycles. The van der Waals surface area contributed by atoms with Gasteiger partial charge in [-0.05, 0) is 12.1 Å². The van der Waals surface area contributed by atoms with Crippen LogP contribution in [-0.4, -0.2) is 29.6 Å². The maximum absolute atomic E-state index is 12.2. The van der Waals surface area contributed by atoms with Gasteiger partial charge in [0.25, 0.3) is 5.56 Å². The number of carbonyl (C=O) groups excluding carboxylic acids is 1. The first-order chi connectivity index (χ1) is 10.9. The number of esters is 1. The minimum atomic E-state index is -0.703. The van der Waals surface area contributed by atoms with Crippen LogP contribution in [0.5, 0.6) is 6.01 Å². The van der Waals surface area contributed by atoms with Gasteiger partial charge < -0.3 is 4.74 Å². The standard InChI is InChI=1S/C14H13N5O4/c1-17-9-10(18(2)14(22)19(3)11(9)20)16-13(17)23-12(21)8-6-4-5-7-15-8/h4-7H,1-3H3. The van der Waals surface area contributed by atoms with Gasteiger partial charge in [0, 0.05) is 27.3 Å². The molecule has 0 spiro atoms. The Balaban J connectivity index is 2.14. The van der Waals surface area contributed by atoms with E-state index in [9.17, 15) is 14.4 Å². The third-order valence-corrected chi connectivity index (χ3v) is 3.49. The third-order valence-electron chi connectivity index (χ3n) is 3.49. The molecule has 0 unspecified atom stereocenters. The summed E-state index contributed by atoms with van der Waals surface area (Å²) in [4.78, 5) is 44.2. The number of fused-ring (bicyclic) bond motifs is 1. The molecule has 0 radical (unpaired) electrons. The minimum absolute atomic E-state index is 0.0889. The number of aryl methyl sites for hydroxylation is 2. The molecule has 0 N–H and O–H groups in total. The Morgan fingerprint density at radius 1 is 1.09 bits per heavy atom. The van der Waals surface area contributed by atoms with Gasteiger partial charge in [0.15, 0.2) is 11.2 Å². The summed E-state index contributed by atoms with van der Waals surface area (Å²) in [6.07, 6.45) is 1.46. The predicted molar refractivity (Wildman–Crippen MR) is 80.4 cm³/mol. The van der Waals surface area contributed by atoms with E-state index < -0.39 is 17.2 Å². The van der Waals surface area contributed by atoms with E-state index >= 15 is 0 Å². The molecule has 0 amide bonds. The zero-order valence-electron chi connectivity index (χ0n) is 12.7. The second-order valence-electron chi connectivity index (χ2n) is 4.94. The average Bonchev–Trinajstić information content (AvgIpc) is 2.88. The van der Waals surface area contributed by atoms with Crippen LogP contribution >= 0.6 is 0 Å². The van der Waals surface area contributed by atoms with Gasteiger partial charge in [-0.3, -0.25) is 18.5 Å². The van der Waals surface area contributed by atoms with Gasteiger partial charge in [-0.15, -0.1) is 0 Å². The largest absolute Gasteiger partial charge is 0.387 e. The highest BCUT2D eigenvalue weighted by Gasteiger charge is 2.20. The van der Waals surface area contributed by atoms with E-state index in [0.717, 1.165) is 4.57 Å². The summed E-state index contributed by atoms with van der Waals surface area (Å²) in [5.74, 6) is -0.703. The molecule has 9 nitrogen and oxygen atoms in total. The van der Waals surface area contributed by atoms with Gasteiger partial charge in [-0.2, -0.15) is 4.98 Å². The van der Waals surface area contributed by atoms with Gasteiger partial charge in [-0.25, -0.2) is 14.6 Å². The lowest BCUT2D eigenvalue weighted by Crippen LogP contribution is -2.37. The highest BCUT2D eigenvalue weighted by molar-refractivity contribution is 5.89. The zero-order valence-corrected chi connectivity index (χ0v) is 12.7. The average molecular weight is 315 g/mol. The van der Waals surface area contributed by atoms with Crippen LogP contribution in [0.4, 0.5) is 0 Å². The smallest absolute Gasteiger partial charge is 0.364 e. The Kier molecular flexibility index (Phi) is 3.32. The Morgan fingerprint density at radius 2 is 1.83 bits per heavy atom. The lowest BCUT2D eigenvalue weighted by atomic mass is 10.4. The Bertz CT molecular complexity index is 1030. The molecular formula is C14H13N5O4. The number of imidazole rings is 1. The topological polar surface area (TPSA) is 101 Å². The number of nitrogens with zero attached hydrogens (tertiary/aromatic N) is 5. The second-order valence-corrected chi connectivity index (χ2v) is 4.94. The number of pyridine rings is 1. The fourth-order valence-electron chi connectivity index (χ4n) is 2.21. The summed E-state index contributed by atoms with van der Waals surface area (Å²) >= 11 is 0. The van der Waals surface area contributed by atoms with Crippen LogP contribution in [0.15, 0.2) is 34.0 Å². The Labute approximate surface area is 129 Å². The van der Waals surface area contributed by atoms with Gasteiger partial charge in [-0.1, -0.05) is 6.07 Å². The maximum atomic E-state index is 12.2. The predicted octanol–water partition coefficient (Wildman–Crippen LogP) is -0.415.